The number of nitrogens with one attached hydrogen (secondary N) is 1. The summed E-state index contributed by atoms with van der Waals surface area (Å²) in [5.74, 6) is -3.21. The van der Waals surface area contributed by atoms with Crippen LogP contribution in [0.2, 0.25) is 0 Å². The molecule has 0 aromatic rings. The Morgan fingerprint density at radius 3 is 2.33 bits per heavy atom. The Bertz CT molecular complexity index is 313. The van der Waals surface area contributed by atoms with Gasteiger partial charge in [-0.2, -0.15) is 13.2 Å². The molecule has 5 nitrogen and oxygen atoms in total. The number of rotatable bonds is 6. The van der Waals surface area contributed by atoms with Crippen LogP contribution in [0.3, 0.4) is 0 Å². The summed E-state index contributed by atoms with van der Waals surface area (Å²) in [4.78, 5) is 10.0. The molecular weight excluding hydrogens is 259 g/mol. The molecule has 0 bridgehead atoms. The summed E-state index contributed by atoms with van der Waals surface area (Å²) < 4.78 is 58.0. The number of aliphatic carboxylic acids is 1. The van der Waals surface area contributed by atoms with Gasteiger partial charge in [0, 0.05) is 12.3 Å². The maximum absolute atomic E-state index is 11.6. The predicted octanol–water partition coefficient (Wildman–Crippen LogP) is 0.243. The number of carbonyl (C=O) groups is 1. The van der Waals surface area contributed by atoms with Crippen LogP contribution >= 0.6 is 11.8 Å². The second-order valence-electron chi connectivity index (χ2n) is 2.34. The Labute approximate surface area is 88.1 Å². The van der Waals surface area contributed by atoms with Crippen molar-refractivity contribution in [1.29, 1.82) is 0 Å². The van der Waals surface area contributed by atoms with Gasteiger partial charge in [-0.3, -0.25) is 4.79 Å². The fraction of sp³-hybridized carbons (Fsp3) is 0.800. The summed E-state index contributed by atoms with van der Waals surface area (Å²) in [6, 6.07) is 0. The fourth-order valence-corrected chi connectivity index (χ4v) is 1.98. The van der Waals surface area contributed by atoms with Crippen LogP contribution in [-0.4, -0.2) is 43.1 Å². The summed E-state index contributed by atoms with van der Waals surface area (Å²) in [6.45, 7) is -0.459. The third kappa shape index (κ3) is 9.82. The van der Waals surface area contributed by atoms with Gasteiger partial charge >= 0.3 is 11.5 Å². The average Bonchev–Trinajstić information content (AvgIpc) is 1.93. The highest BCUT2D eigenvalue weighted by Crippen LogP contribution is 2.29. The van der Waals surface area contributed by atoms with E-state index in [4.69, 9.17) is 5.11 Å². The van der Waals surface area contributed by atoms with Crippen LogP contribution in [0.25, 0.3) is 0 Å². The van der Waals surface area contributed by atoms with Gasteiger partial charge in [0.05, 0.1) is 0 Å². The summed E-state index contributed by atoms with van der Waals surface area (Å²) in [5.41, 5.74) is -4.42. The quantitative estimate of drug-likeness (QED) is 0.674. The van der Waals surface area contributed by atoms with Gasteiger partial charge in [-0.15, -0.1) is 0 Å². The lowest BCUT2D eigenvalue weighted by Crippen LogP contribution is -2.31. The summed E-state index contributed by atoms with van der Waals surface area (Å²) in [6.07, 6.45) is 0. The zero-order valence-electron chi connectivity index (χ0n) is 7.24. The molecule has 0 rings (SSSR count). The lowest BCUT2D eigenvalue weighted by Gasteiger charge is -2.06. The molecule has 0 aromatic carbocycles. The van der Waals surface area contributed by atoms with E-state index in [1.807, 2.05) is 0 Å². The largest absolute Gasteiger partial charge is 0.480 e. The predicted molar refractivity (Wildman–Crippen MR) is 47.9 cm³/mol. The Hall–Kier alpha value is -0.480. The van der Waals surface area contributed by atoms with Crippen LogP contribution < -0.4 is 4.72 Å². The van der Waals surface area contributed by atoms with Gasteiger partial charge in [0.2, 0.25) is 10.0 Å². The van der Waals surface area contributed by atoms with Crippen molar-refractivity contribution >= 4 is 27.8 Å². The number of alkyl halides is 3. The van der Waals surface area contributed by atoms with Gasteiger partial charge < -0.3 is 5.11 Å². The molecule has 0 unspecified atom stereocenters. The molecule has 0 amide bonds. The molecule has 90 valence electrons. The molecule has 2 N–H and O–H groups in total. The summed E-state index contributed by atoms with van der Waals surface area (Å²) in [7, 11) is -4.03. The van der Waals surface area contributed by atoms with Crippen molar-refractivity contribution in [1.82, 2.24) is 4.72 Å². The highest BCUT2D eigenvalue weighted by Gasteiger charge is 2.27. The van der Waals surface area contributed by atoms with E-state index in [2.05, 4.69) is 0 Å². The van der Waals surface area contributed by atoms with E-state index in [0.29, 0.717) is 0 Å². The van der Waals surface area contributed by atoms with Gasteiger partial charge in [-0.05, 0) is 11.8 Å². The van der Waals surface area contributed by atoms with E-state index < -0.39 is 39.6 Å². The number of carboxylic acids is 1. The van der Waals surface area contributed by atoms with Crippen LogP contribution in [0.4, 0.5) is 13.2 Å². The van der Waals surface area contributed by atoms with Gasteiger partial charge in [-0.25, -0.2) is 13.1 Å². The number of carboxylic acid groups (broad SMARTS) is 1. The van der Waals surface area contributed by atoms with Gasteiger partial charge in [0.1, 0.15) is 0 Å². The van der Waals surface area contributed by atoms with Gasteiger partial charge in [0.25, 0.3) is 0 Å². The molecule has 0 fully saturated rings. The third-order valence-corrected chi connectivity index (χ3v) is 3.01. The molecule has 0 aliphatic rings. The standard InChI is InChI=1S/C5H8F3NO4S2/c6-5(7,8)14-2-1-9-15(12,13)3-4(10)11/h9H,1-3H2,(H,10,11). The minimum absolute atomic E-state index is 0.381. The molecule has 0 heterocycles. The minimum Gasteiger partial charge on any atom is -0.480 e. The van der Waals surface area contributed by atoms with E-state index in [9.17, 15) is 26.4 Å². The Balaban J connectivity index is 3.82. The van der Waals surface area contributed by atoms with Crippen molar-refractivity contribution in [3.63, 3.8) is 0 Å². The Kier molecular flexibility index (Phi) is 5.38. The maximum Gasteiger partial charge on any atom is 0.441 e. The second kappa shape index (κ2) is 5.56. The Morgan fingerprint density at radius 2 is 1.93 bits per heavy atom. The van der Waals surface area contributed by atoms with Crippen LogP contribution in [-0.2, 0) is 14.8 Å². The van der Waals surface area contributed by atoms with Crippen LogP contribution in [0.5, 0.6) is 0 Å². The smallest absolute Gasteiger partial charge is 0.441 e. The van der Waals surface area contributed by atoms with E-state index >= 15 is 0 Å². The fourth-order valence-electron chi connectivity index (χ4n) is 0.578. The van der Waals surface area contributed by atoms with Crippen molar-refractivity contribution in [3.05, 3.63) is 0 Å². The first-order chi connectivity index (χ1) is 6.62. The van der Waals surface area contributed by atoms with Crippen molar-refractivity contribution in [2.45, 2.75) is 5.51 Å². The number of thioether (sulfide) groups is 1. The highest BCUT2D eigenvalue weighted by atomic mass is 32.2. The van der Waals surface area contributed by atoms with Crippen molar-refractivity contribution in [2.75, 3.05) is 18.1 Å². The lowest BCUT2D eigenvalue weighted by atomic mass is 10.8. The zero-order chi connectivity index (χ0) is 12.1. The number of hydrogen-bond acceptors (Lipinski definition) is 4. The monoisotopic (exact) mass is 267 g/mol. The summed E-state index contributed by atoms with van der Waals surface area (Å²) in [5, 5.41) is 8.13. The van der Waals surface area contributed by atoms with Gasteiger partial charge in [-0.1, -0.05) is 0 Å². The first-order valence-corrected chi connectivity index (χ1v) is 6.16. The van der Waals surface area contributed by atoms with Crippen molar-refractivity contribution in [2.24, 2.45) is 0 Å². The SMILES string of the molecule is O=C(O)CS(=O)(=O)NCCSC(F)(F)F. The molecule has 0 aromatic heterocycles. The average molecular weight is 267 g/mol. The van der Waals surface area contributed by atoms with E-state index in [0.717, 1.165) is 0 Å². The number of hydrogen-bond donors (Lipinski definition) is 2. The lowest BCUT2D eigenvalue weighted by molar-refractivity contribution is -0.134. The van der Waals surface area contributed by atoms with E-state index in [-0.39, 0.29) is 11.8 Å². The van der Waals surface area contributed by atoms with Crippen LogP contribution in [0.1, 0.15) is 0 Å². The molecule has 0 spiro atoms. The van der Waals surface area contributed by atoms with E-state index in [1.165, 1.54) is 0 Å². The number of sulfonamides is 1. The molecule has 0 saturated carbocycles. The van der Waals surface area contributed by atoms with Crippen LogP contribution in [0, 0.1) is 0 Å². The van der Waals surface area contributed by atoms with Crippen molar-refractivity contribution in [3.8, 4) is 0 Å². The molecule has 10 heteroatoms. The van der Waals surface area contributed by atoms with Crippen molar-refractivity contribution < 1.29 is 31.5 Å². The third-order valence-electron chi connectivity index (χ3n) is 1.00. The molecule has 0 atom stereocenters. The second-order valence-corrected chi connectivity index (χ2v) is 5.31. The first kappa shape index (κ1) is 14.5. The normalized spacial score (nSPS) is 12.7. The molecular formula is C5H8F3NO4S2. The molecule has 0 aliphatic carbocycles. The molecule has 0 radical (unpaired) electrons. The molecule has 0 saturated heterocycles. The van der Waals surface area contributed by atoms with E-state index in [1.54, 1.807) is 4.72 Å². The summed E-state index contributed by atoms with van der Waals surface area (Å²) >= 11 is -0.381. The Morgan fingerprint density at radius 1 is 1.40 bits per heavy atom. The molecule has 15 heavy (non-hydrogen) atoms. The zero-order valence-corrected chi connectivity index (χ0v) is 8.88. The minimum atomic E-state index is -4.42. The topological polar surface area (TPSA) is 83.5 Å². The molecule has 0 aliphatic heterocycles. The highest BCUT2D eigenvalue weighted by molar-refractivity contribution is 8.00. The maximum atomic E-state index is 11.6. The number of halogens is 3. The first-order valence-electron chi connectivity index (χ1n) is 3.52. The van der Waals surface area contributed by atoms with Gasteiger partial charge in [0.15, 0.2) is 5.75 Å². The van der Waals surface area contributed by atoms with Crippen LogP contribution in [0.15, 0.2) is 0 Å².